The molecule has 0 N–H and O–H groups in total. The van der Waals surface area contributed by atoms with Crippen molar-refractivity contribution in [3.05, 3.63) is 71.8 Å². The Hall–Kier alpha value is -2.09. The van der Waals surface area contributed by atoms with Crippen molar-refractivity contribution in [2.75, 3.05) is 13.6 Å². The van der Waals surface area contributed by atoms with Gasteiger partial charge >= 0.3 is 0 Å². The predicted octanol–water partition coefficient (Wildman–Crippen LogP) is 2.73. The van der Waals surface area contributed by atoms with E-state index < -0.39 is 0 Å². The molecule has 0 aliphatic carbocycles. The van der Waals surface area contributed by atoms with Gasteiger partial charge in [-0.25, -0.2) is 0 Å². The maximum atomic E-state index is 12.0. The Morgan fingerprint density at radius 3 is 2.53 bits per heavy atom. The molecule has 0 spiro atoms. The van der Waals surface area contributed by atoms with Gasteiger partial charge in [-0.05, 0) is 23.6 Å². The third-order valence-electron chi connectivity index (χ3n) is 3.12. The lowest BCUT2D eigenvalue weighted by molar-refractivity contribution is -0.129. The molecule has 0 heterocycles. The van der Waals surface area contributed by atoms with Crippen molar-refractivity contribution < 1.29 is 4.79 Å². The molecule has 0 saturated heterocycles. The lowest BCUT2D eigenvalue weighted by Gasteiger charge is -2.17. The largest absolute Gasteiger partial charge is 0.345 e. The number of hydrogen-bond acceptors (Lipinski definition) is 1. The number of carbonyl (C=O) groups is 1. The van der Waals surface area contributed by atoms with Crippen LogP contribution in [0, 0.1) is 6.07 Å². The zero-order valence-electron chi connectivity index (χ0n) is 11.2. The van der Waals surface area contributed by atoms with Crippen LogP contribution in [0.1, 0.15) is 11.1 Å². The molecule has 0 aliphatic rings. The summed E-state index contributed by atoms with van der Waals surface area (Å²) in [6.45, 7) is 0.746. The Bertz CT molecular complexity index is 507. The van der Waals surface area contributed by atoms with Crippen LogP contribution in [0.15, 0.2) is 54.6 Å². The molecule has 0 bridgehead atoms. The number of likely N-dealkylation sites (N-methyl/N-ethyl adjacent to an activating group) is 1. The fourth-order valence-corrected chi connectivity index (χ4v) is 1.90. The summed E-state index contributed by atoms with van der Waals surface area (Å²) in [6, 6.07) is 20.9. The topological polar surface area (TPSA) is 20.3 Å². The molecule has 1 amide bonds. The molecule has 2 nitrogen and oxygen atoms in total. The van der Waals surface area contributed by atoms with Gasteiger partial charge in [0.05, 0.1) is 6.42 Å². The first-order valence-electron chi connectivity index (χ1n) is 6.49. The van der Waals surface area contributed by atoms with Crippen LogP contribution in [-0.4, -0.2) is 24.4 Å². The lowest BCUT2D eigenvalue weighted by atomic mass is 10.1. The molecule has 0 saturated carbocycles. The maximum absolute atomic E-state index is 12.0. The quantitative estimate of drug-likeness (QED) is 0.801. The summed E-state index contributed by atoms with van der Waals surface area (Å²) < 4.78 is 0. The molecule has 2 aromatic carbocycles. The molecule has 0 aromatic heterocycles. The van der Waals surface area contributed by atoms with Crippen LogP contribution in [0.5, 0.6) is 0 Å². The van der Waals surface area contributed by atoms with E-state index in [1.54, 1.807) is 4.90 Å². The normalized spacial score (nSPS) is 10.2. The van der Waals surface area contributed by atoms with Crippen LogP contribution < -0.4 is 0 Å². The van der Waals surface area contributed by atoms with Crippen molar-refractivity contribution in [2.45, 2.75) is 12.8 Å². The second-order valence-electron chi connectivity index (χ2n) is 4.62. The Balaban J connectivity index is 1.83. The minimum atomic E-state index is 0.137. The zero-order valence-corrected chi connectivity index (χ0v) is 11.2. The van der Waals surface area contributed by atoms with E-state index in [0.717, 1.165) is 18.5 Å². The molecule has 1 radical (unpaired) electrons. The average molecular weight is 252 g/mol. The first-order chi connectivity index (χ1) is 9.25. The molecule has 0 atom stereocenters. The van der Waals surface area contributed by atoms with Gasteiger partial charge in [0.1, 0.15) is 0 Å². The number of nitrogens with zero attached hydrogens (tertiary/aromatic N) is 1. The number of carbonyl (C=O) groups excluding carboxylic acids is 1. The van der Waals surface area contributed by atoms with Gasteiger partial charge in [-0.15, -0.1) is 0 Å². The standard InChI is InChI=1S/C17H18NO/c1-18(13-12-15-8-4-2-5-9-15)17(19)14-16-10-6-3-7-11-16/h2-10H,12-14H2,1H3. The van der Waals surface area contributed by atoms with Crippen molar-refractivity contribution in [1.29, 1.82) is 0 Å². The first kappa shape index (κ1) is 13.3. The molecular formula is C17H18NO. The van der Waals surface area contributed by atoms with Gasteiger partial charge in [0.25, 0.3) is 0 Å². The van der Waals surface area contributed by atoms with Gasteiger partial charge in [0.2, 0.25) is 5.91 Å². The highest BCUT2D eigenvalue weighted by atomic mass is 16.2. The van der Waals surface area contributed by atoms with E-state index in [-0.39, 0.29) is 5.91 Å². The van der Waals surface area contributed by atoms with Crippen molar-refractivity contribution in [1.82, 2.24) is 4.90 Å². The monoisotopic (exact) mass is 252 g/mol. The molecule has 0 fully saturated rings. The Labute approximate surface area is 114 Å². The summed E-state index contributed by atoms with van der Waals surface area (Å²) in [6.07, 6.45) is 1.31. The van der Waals surface area contributed by atoms with Crippen molar-refractivity contribution in [3.63, 3.8) is 0 Å². The van der Waals surface area contributed by atoms with Crippen LogP contribution >= 0.6 is 0 Å². The number of benzene rings is 2. The minimum absolute atomic E-state index is 0.137. The number of rotatable bonds is 5. The third-order valence-corrected chi connectivity index (χ3v) is 3.12. The molecule has 0 unspecified atom stereocenters. The molecular weight excluding hydrogens is 234 g/mol. The van der Waals surface area contributed by atoms with E-state index in [1.807, 2.05) is 49.5 Å². The lowest BCUT2D eigenvalue weighted by Crippen LogP contribution is -2.30. The van der Waals surface area contributed by atoms with Gasteiger partial charge in [0.15, 0.2) is 0 Å². The van der Waals surface area contributed by atoms with Gasteiger partial charge in [-0.1, -0.05) is 54.6 Å². The van der Waals surface area contributed by atoms with Crippen LogP contribution in [0.4, 0.5) is 0 Å². The number of amides is 1. The molecule has 19 heavy (non-hydrogen) atoms. The summed E-state index contributed by atoms with van der Waals surface area (Å²) in [5.41, 5.74) is 2.20. The highest BCUT2D eigenvalue weighted by Crippen LogP contribution is 2.04. The molecule has 2 heteroatoms. The Morgan fingerprint density at radius 1 is 1.11 bits per heavy atom. The van der Waals surface area contributed by atoms with E-state index in [1.165, 1.54) is 5.56 Å². The highest BCUT2D eigenvalue weighted by molar-refractivity contribution is 5.78. The summed E-state index contributed by atoms with van der Waals surface area (Å²) >= 11 is 0. The maximum Gasteiger partial charge on any atom is 0.226 e. The van der Waals surface area contributed by atoms with E-state index in [9.17, 15) is 4.79 Å². The number of hydrogen-bond donors (Lipinski definition) is 0. The summed E-state index contributed by atoms with van der Waals surface area (Å²) in [5, 5.41) is 0. The fourth-order valence-electron chi connectivity index (χ4n) is 1.90. The van der Waals surface area contributed by atoms with E-state index in [2.05, 4.69) is 18.2 Å². The third kappa shape index (κ3) is 4.25. The summed E-state index contributed by atoms with van der Waals surface area (Å²) in [4.78, 5) is 13.8. The van der Waals surface area contributed by atoms with Gasteiger partial charge in [-0.3, -0.25) is 4.79 Å². The van der Waals surface area contributed by atoms with E-state index >= 15 is 0 Å². The van der Waals surface area contributed by atoms with Crippen LogP contribution in [0.25, 0.3) is 0 Å². The predicted molar refractivity (Wildman–Crippen MR) is 76.8 cm³/mol. The van der Waals surface area contributed by atoms with Crippen molar-refractivity contribution in [3.8, 4) is 0 Å². The van der Waals surface area contributed by atoms with E-state index in [4.69, 9.17) is 0 Å². The van der Waals surface area contributed by atoms with Gasteiger partial charge < -0.3 is 4.90 Å². The Morgan fingerprint density at radius 2 is 1.84 bits per heavy atom. The van der Waals surface area contributed by atoms with Crippen molar-refractivity contribution >= 4 is 5.91 Å². The molecule has 2 aromatic rings. The van der Waals surface area contributed by atoms with Crippen LogP contribution in [0.2, 0.25) is 0 Å². The van der Waals surface area contributed by atoms with Gasteiger partial charge in [-0.2, -0.15) is 0 Å². The average Bonchev–Trinajstić information content (AvgIpc) is 2.47. The fraction of sp³-hybridized carbons (Fsp3) is 0.235. The van der Waals surface area contributed by atoms with Crippen LogP contribution in [0.3, 0.4) is 0 Å². The van der Waals surface area contributed by atoms with Gasteiger partial charge in [0, 0.05) is 13.6 Å². The Kier molecular flexibility index (Phi) is 4.73. The second-order valence-corrected chi connectivity index (χ2v) is 4.62. The highest BCUT2D eigenvalue weighted by Gasteiger charge is 2.09. The minimum Gasteiger partial charge on any atom is -0.345 e. The zero-order chi connectivity index (χ0) is 13.5. The molecule has 97 valence electrons. The van der Waals surface area contributed by atoms with Crippen LogP contribution in [-0.2, 0) is 17.6 Å². The smallest absolute Gasteiger partial charge is 0.226 e. The summed E-state index contributed by atoms with van der Waals surface area (Å²) in [5.74, 6) is 0.137. The molecule has 2 rings (SSSR count). The molecule has 0 aliphatic heterocycles. The first-order valence-corrected chi connectivity index (χ1v) is 6.49. The second kappa shape index (κ2) is 6.74. The SMILES string of the molecule is CN(CCc1ccccc1)C(=O)Cc1[c]cccc1. The van der Waals surface area contributed by atoms with E-state index in [0.29, 0.717) is 6.42 Å². The summed E-state index contributed by atoms with van der Waals surface area (Å²) in [7, 11) is 1.86. The van der Waals surface area contributed by atoms with Crippen molar-refractivity contribution in [2.24, 2.45) is 0 Å².